The minimum Gasteiger partial charge on any atom is -0.452 e. The molecule has 0 aliphatic carbocycles. The van der Waals surface area contributed by atoms with E-state index in [2.05, 4.69) is 0 Å². The van der Waals surface area contributed by atoms with Crippen LogP contribution in [0.15, 0.2) is 23.1 Å². The Kier molecular flexibility index (Phi) is 8.12. The van der Waals surface area contributed by atoms with Crippen molar-refractivity contribution in [2.45, 2.75) is 31.2 Å². The summed E-state index contributed by atoms with van der Waals surface area (Å²) in [5, 5.41) is -0.0492. The zero-order chi connectivity index (χ0) is 23.6. The lowest BCUT2D eigenvalue weighted by atomic mass is 10.1. The molecule has 174 valence electrons. The third-order valence-corrected chi connectivity index (χ3v) is 8.83. The molecule has 1 heterocycles. The molecule has 31 heavy (non-hydrogen) atoms. The fraction of sp³-hybridized carbons (Fsp3) is 0.579. The van der Waals surface area contributed by atoms with Gasteiger partial charge in [0.1, 0.15) is 4.90 Å². The summed E-state index contributed by atoms with van der Waals surface area (Å²) in [4.78, 5) is 26.3. The summed E-state index contributed by atoms with van der Waals surface area (Å²) in [6.45, 7) is 3.55. The van der Waals surface area contributed by atoms with Gasteiger partial charge in [-0.2, -0.15) is 0 Å². The zero-order valence-corrected chi connectivity index (χ0v) is 20.3. The fourth-order valence-corrected chi connectivity index (χ4v) is 6.31. The molecule has 2 rings (SSSR count). The van der Waals surface area contributed by atoms with Crippen LogP contribution in [0.25, 0.3) is 0 Å². The number of benzene rings is 1. The van der Waals surface area contributed by atoms with Crippen LogP contribution in [0.4, 0.5) is 0 Å². The van der Waals surface area contributed by atoms with Crippen molar-refractivity contribution in [3.05, 3.63) is 28.8 Å². The lowest BCUT2D eigenvalue weighted by molar-refractivity contribution is -0.137. The highest BCUT2D eigenvalue weighted by Gasteiger charge is 2.35. The van der Waals surface area contributed by atoms with Gasteiger partial charge in [-0.15, -0.1) is 0 Å². The first-order chi connectivity index (χ1) is 14.2. The first-order valence-electron chi connectivity index (χ1n) is 9.63. The van der Waals surface area contributed by atoms with Gasteiger partial charge in [-0.1, -0.05) is 25.4 Å². The lowest BCUT2D eigenvalue weighted by Crippen LogP contribution is -2.45. The number of carbonyl (C=O) groups excluding carboxylic acids is 2. The molecule has 0 N–H and O–H groups in total. The third-order valence-electron chi connectivity index (χ3n) is 4.78. The number of ether oxygens (including phenoxy) is 1. The van der Waals surface area contributed by atoms with Crippen molar-refractivity contribution in [2.24, 2.45) is 5.92 Å². The molecule has 1 aromatic carbocycles. The summed E-state index contributed by atoms with van der Waals surface area (Å²) in [6.07, 6.45) is 0.345. The Balaban J connectivity index is 2.14. The minimum atomic E-state index is -3.88. The van der Waals surface area contributed by atoms with Crippen molar-refractivity contribution >= 4 is 43.3 Å². The quantitative estimate of drug-likeness (QED) is 0.501. The number of hydrogen-bond donors (Lipinski definition) is 0. The molecule has 1 aliphatic heterocycles. The van der Waals surface area contributed by atoms with Crippen LogP contribution in [0, 0.1) is 5.92 Å². The van der Waals surface area contributed by atoms with Crippen molar-refractivity contribution in [1.29, 1.82) is 0 Å². The van der Waals surface area contributed by atoms with E-state index >= 15 is 0 Å². The summed E-state index contributed by atoms with van der Waals surface area (Å²) in [7, 11) is -4.40. The second-order valence-corrected chi connectivity index (χ2v) is 12.8. The molecule has 1 aromatic rings. The summed E-state index contributed by atoms with van der Waals surface area (Å²) in [6, 6.07) is 3.22. The second-order valence-electron chi connectivity index (χ2n) is 8.01. The van der Waals surface area contributed by atoms with E-state index in [-0.39, 0.29) is 32.9 Å². The summed E-state index contributed by atoms with van der Waals surface area (Å²) in [5.41, 5.74) is -0.0727. The number of hydrogen-bond acceptors (Lipinski definition) is 7. The Bertz CT molecular complexity index is 1050. The number of sulfonamides is 1. The van der Waals surface area contributed by atoms with Crippen LogP contribution in [-0.2, 0) is 29.4 Å². The van der Waals surface area contributed by atoms with Crippen LogP contribution < -0.4 is 0 Å². The summed E-state index contributed by atoms with van der Waals surface area (Å²) in [5.74, 6) is -1.38. The number of rotatable bonds is 8. The molecule has 1 fully saturated rings. The number of carbonyl (C=O) groups is 2. The standard InChI is InChI=1S/C19H27ClN2O7S2/c1-13(2)10-22(15-7-8-30(25,26)12-15)18(23)11-29-19(24)14-5-6-16(20)17(9-14)31(27,28)21(3)4/h5-6,9,13,15H,7-8,10-12H2,1-4H3. The van der Waals surface area contributed by atoms with Gasteiger partial charge in [-0.3, -0.25) is 4.79 Å². The maximum atomic E-state index is 12.7. The van der Waals surface area contributed by atoms with Crippen molar-refractivity contribution in [2.75, 3.05) is 38.8 Å². The van der Waals surface area contributed by atoms with Gasteiger partial charge < -0.3 is 9.64 Å². The Labute approximate surface area is 188 Å². The van der Waals surface area contributed by atoms with E-state index in [1.165, 1.54) is 31.1 Å². The highest BCUT2D eigenvalue weighted by molar-refractivity contribution is 7.91. The van der Waals surface area contributed by atoms with E-state index in [1.54, 1.807) is 0 Å². The molecule has 1 unspecified atom stereocenters. The second kappa shape index (κ2) is 9.85. The highest BCUT2D eigenvalue weighted by atomic mass is 35.5. The molecule has 1 saturated heterocycles. The summed E-state index contributed by atoms with van der Waals surface area (Å²) >= 11 is 5.97. The predicted octanol–water partition coefficient (Wildman–Crippen LogP) is 1.42. The zero-order valence-electron chi connectivity index (χ0n) is 17.9. The normalized spacial score (nSPS) is 18.4. The maximum absolute atomic E-state index is 12.7. The number of nitrogens with zero attached hydrogens (tertiary/aromatic N) is 2. The Morgan fingerprint density at radius 2 is 1.90 bits per heavy atom. The number of halogens is 1. The number of amides is 1. The molecule has 9 nitrogen and oxygen atoms in total. The van der Waals surface area contributed by atoms with E-state index in [9.17, 15) is 26.4 Å². The molecule has 1 amide bonds. The van der Waals surface area contributed by atoms with E-state index in [1.807, 2.05) is 13.8 Å². The van der Waals surface area contributed by atoms with E-state index in [0.717, 1.165) is 10.4 Å². The lowest BCUT2D eigenvalue weighted by Gasteiger charge is -2.29. The Morgan fingerprint density at radius 1 is 1.26 bits per heavy atom. The van der Waals surface area contributed by atoms with Gasteiger partial charge in [0.2, 0.25) is 10.0 Å². The summed E-state index contributed by atoms with van der Waals surface area (Å²) < 4.78 is 54.4. The molecule has 0 saturated carbocycles. The highest BCUT2D eigenvalue weighted by Crippen LogP contribution is 2.25. The average molecular weight is 495 g/mol. The first-order valence-corrected chi connectivity index (χ1v) is 13.3. The van der Waals surface area contributed by atoms with Crippen LogP contribution in [-0.4, -0.2) is 82.7 Å². The molecule has 12 heteroatoms. The largest absolute Gasteiger partial charge is 0.452 e. The van der Waals surface area contributed by atoms with Crippen LogP contribution in [0.3, 0.4) is 0 Å². The van der Waals surface area contributed by atoms with Gasteiger partial charge in [0, 0.05) is 26.7 Å². The first kappa shape index (κ1) is 25.6. The van der Waals surface area contributed by atoms with Crippen molar-refractivity contribution in [1.82, 2.24) is 9.21 Å². The topological polar surface area (TPSA) is 118 Å². The fourth-order valence-electron chi connectivity index (χ4n) is 3.19. The van der Waals surface area contributed by atoms with Gasteiger partial charge in [0.05, 0.1) is 22.1 Å². The SMILES string of the molecule is CC(C)CN(C(=O)COC(=O)c1ccc(Cl)c(S(=O)(=O)N(C)C)c1)C1CCS(=O)(=O)C1. The maximum Gasteiger partial charge on any atom is 0.338 e. The Hall–Kier alpha value is -1.69. The smallest absolute Gasteiger partial charge is 0.338 e. The molecule has 1 atom stereocenters. The van der Waals surface area contributed by atoms with Gasteiger partial charge in [-0.05, 0) is 30.5 Å². The van der Waals surface area contributed by atoms with Gasteiger partial charge in [-0.25, -0.2) is 25.9 Å². The van der Waals surface area contributed by atoms with Gasteiger partial charge in [0.25, 0.3) is 5.91 Å². The predicted molar refractivity (Wildman–Crippen MR) is 116 cm³/mol. The van der Waals surface area contributed by atoms with E-state index in [0.29, 0.717) is 13.0 Å². The van der Waals surface area contributed by atoms with Crippen LogP contribution in [0.1, 0.15) is 30.6 Å². The van der Waals surface area contributed by atoms with Crippen LogP contribution in [0.5, 0.6) is 0 Å². The molecule has 0 aromatic heterocycles. The molecule has 1 aliphatic rings. The minimum absolute atomic E-state index is 0.0211. The van der Waals surface area contributed by atoms with Crippen molar-refractivity contribution < 1.29 is 31.2 Å². The van der Waals surface area contributed by atoms with Gasteiger partial charge >= 0.3 is 5.97 Å². The molecule has 0 spiro atoms. The van der Waals surface area contributed by atoms with Gasteiger partial charge in [0.15, 0.2) is 16.4 Å². The van der Waals surface area contributed by atoms with Crippen molar-refractivity contribution in [3.8, 4) is 0 Å². The van der Waals surface area contributed by atoms with Crippen molar-refractivity contribution in [3.63, 3.8) is 0 Å². The third kappa shape index (κ3) is 6.41. The van der Waals surface area contributed by atoms with E-state index in [4.69, 9.17) is 16.3 Å². The molecule has 0 radical (unpaired) electrons. The van der Waals surface area contributed by atoms with Crippen LogP contribution in [0.2, 0.25) is 5.02 Å². The van der Waals surface area contributed by atoms with E-state index < -0.39 is 44.4 Å². The number of esters is 1. The molecule has 0 bridgehead atoms. The average Bonchev–Trinajstić information content (AvgIpc) is 3.03. The van der Waals surface area contributed by atoms with Crippen LogP contribution >= 0.6 is 11.6 Å². The number of sulfone groups is 1. The molecular weight excluding hydrogens is 468 g/mol. The Morgan fingerprint density at radius 3 is 2.42 bits per heavy atom. The molecular formula is C19H27ClN2O7S2. The monoisotopic (exact) mass is 494 g/mol.